The molecule has 2 aromatic heterocycles. The summed E-state index contributed by atoms with van der Waals surface area (Å²) < 4.78 is 3.21. The first kappa shape index (κ1) is 17.3. The molecule has 2 aromatic carbocycles. The van der Waals surface area contributed by atoms with Crippen molar-refractivity contribution in [1.82, 2.24) is 24.6 Å². The molecule has 5 rings (SSSR count). The molecule has 140 valence electrons. The fourth-order valence-corrected chi connectivity index (χ4v) is 4.58. The van der Waals surface area contributed by atoms with Crippen molar-refractivity contribution in [1.29, 1.82) is 0 Å². The lowest BCUT2D eigenvalue weighted by Gasteiger charge is -2.27. The summed E-state index contributed by atoms with van der Waals surface area (Å²) in [6, 6.07) is 13.2. The molecule has 0 fully saturated rings. The van der Waals surface area contributed by atoms with Crippen LogP contribution in [0.5, 0.6) is 0 Å². The molecule has 6 nitrogen and oxygen atoms in total. The lowest BCUT2D eigenvalue weighted by atomic mass is 10.2. The Morgan fingerprint density at radius 2 is 1.93 bits per heavy atom. The van der Waals surface area contributed by atoms with Gasteiger partial charge in [-0.3, -0.25) is 4.79 Å². The van der Waals surface area contributed by atoms with Crippen molar-refractivity contribution >= 4 is 39.1 Å². The zero-order chi connectivity index (χ0) is 19.3. The van der Waals surface area contributed by atoms with Crippen molar-refractivity contribution < 1.29 is 4.79 Å². The topological polar surface area (TPSA) is 63.9 Å². The van der Waals surface area contributed by atoms with E-state index in [0.717, 1.165) is 26.9 Å². The Hall–Kier alpha value is -2.77. The van der Waals surface area contributed by atoms with Crippen molar-refractivity contribution in [3.63, 3.8) is 0 Å². The normalized spacial score (nSPS) is 13.7. The third kappa shape index (κ3) is 2.96. The van der Waals surface area contributed by atoms with Gasteiger partial charge in [0.1, 0.15) is 0 Å². The van der Waals surface area contributed by atoms with E-state index in [-0.39, 0.29) is 5.91 Å². The van der Waals surface area contributed by atoms with Gasteiger partial charge in [-0.05, 0) is 48.9 Å². The minimum atomic E-state index is -0.0251. The van der Waals surface area contributed by atoms with Gasteiger partial charge in [0.05, 0.1) is 16.8 Å². The SMILES string of the molecule is Cc1ccc2nc(-c3nnc4n3CCN(C(=O)c3ccc(Cl)cc3)C4)sc2c1. The second-order valence-electron chi connectivity index (χ2n) is 6.82. The van der Waals surface area contributed by atoms with Gasteiger partial charge < -0.3 is 9.47 Å². The van der Waals surface area contributed by atoms with Gasteiger partial charge in [-0.1, -0.05) is 17.7 Å². The second-order valence-corrected chi connectivity index (χ2v) is 8.28. The van der Waals surface area contributed by atoms with Crippen LogP contribution < -0.4 is 0 Å². The Bertz CT molecular complexity index is 1200. The number of amides is 1. The lowest BCUT2D eigenvalue weighted by molar-refractivity contribution is 0.0708. The van der Waals surface area contributed by atoms with Crippen molar-refractivity contribution in [2.45, 2.75) is 20.0 Å². The average molecular weight is 410 g/mol. The highest BCUT2D eigenvalue weighted by Gasteiger charge is 2.26. The van der Waals surface area contributed by atoms with E-state index >= 15 is 0 Å². The summed E-state index contributed by atoms with van der Waals surface area (Å²) in [5, 5.41) is 10.2. The summed E-state index contributed by atoms with van der Waals surface area (Å²) in [7, 11) is 0. The molecule has 1 amide bonds. The molecule has 0 spiro atoms. The van der Waals surface area contributed by atoms with Crippen molar-refractivity contribution in [2.24, 2.45) is 0 Å². The predicted molar refractivity (Wildman–Crippen MR) is 110 cm³/mol. The molecule has 0 N–H and O–H groups in total. The van der Waals surface area contributed by atoms with Crippen LogP contribution in [0.4, 0.5) is 0 Å². The lowest BCUT2D eigenvalue weighted by Crippen LogP contribution is -2.38. The number of carbonyl (C=O) groups excluding carboxylic acids is 1. The predicted octanol–water partition coefficient (Wildman–Crippen LogP) is 4.17. The zero-order valence-corrected chi connectivity index (χ0v) is 16.7. The molecular formula is C20H16ClN5OS. The maximum atomic E-state index is 12.8. The van der Waals surface area contributed by atoms with Gasteiger partial charge >= 0.3 is 0 Å². The number of hydrogen-bond donors (Lipinski definition) is 0. The maximum Gasteiger partial charge on any atom is 0.254 e. The minimum Gasteiger partial charge on any atom is -0.329 e. The monoisotopic (exact) mass is 409 g/mol. The number of nitrogens with zero attached hydrogens (tertiary/aromatic N) is 5. The van der Waals surface area contributed by atoms with E-state index in [4.69, 9.17) is 16.6 Å². The number of thiazole rings is 1. The molecule has 0 atom stereocenters. The van der Waals surface area contributed by atoms with Crippen molar-refractivity contribution in [3.05, 3.63) is 64.4 Å². The van der Waals surface area contributed by atoms with Gasteiger partial charge in [-0.15, -0.1) is 21.5 Å². The second kappa shape index (κ2) is 6.68. The Labute approximate surface area is 170 Å². The van der Waals surface area contributed by atoms with Gasteiger partial charge in [0.25, 0.3) is 5.91 Å². The van der Waals surface area contributed by atoms with Crippen LogP contribution in [-0.2, 0) is 13.1 Å². The molecule has 0 saturated heterocycles. The van der Waals surface area contributed by atoms with Gasteiger partial charge in [-0.25, -0.2) is 4.98 Å². The standard InChI is InChI=1S/C20H16ClN5OS/c1-12-2-7-15-16(10-12)28-19(22-15)18-24-23-17-11-25(8-9-26(17)18)20(27)13-3-5-14(21)6-4-13/h2-7,10H,8-9,11H2,1H3. The van der Waals surface area contributed by atoms with E-state index in [1.807, 2.05) is 6.07 Å². The Morgan fingerprint density at radius 3 is 2.75 bits per heavy atom. The van der Waals surface area contributed by atoms with E-state index in [1.165, 1.54) is 5.56 Å². The maximum absolute atomic E-state index is 12.8. The Kier molecular flexibility index (Phi) is 4.14. The van der Waals surface area contributed by atoms with Crippen LogP contribution in [0, 0.1) is 6.92 Å². The summed E-state index contributed by atoms with van der Waals surface area (Å²) in [5.41, 5.74) is 2.81. The molecule has 0 aliphatic carbocycles. The van der Waals surface area contributed by atoms with Crippen molar-refractivity contribution in [2.75, 3.05) is 6.54 Å². The summed E-state index contributed by atoms with van der Waals surface area (Å²) in [6.45, 7) is 3.75. The van der Waals surface area contributed by atoms with Crippen LogP contribution in [-0.4, -0.2) is 37.1 Å². The fraction of sp³-hybridized carbons (Fsp3) is 0.200. The largest absolute Gasteiger partial charge is 0.329 e. The highest BCUT2D eigenvalue weighted by molar-refractivity contribution is 7.21. The highest BCUT2D eigenvalue weighted by Crippen LogP contribution is 2.31. The molecule has 3 heterocycles. The molecule has 28 heavy (non-hydrogen) atoms. The fourth-order valence-electron chi connectivity index (χ4n) is 3.39. The van der Waals surface area contributed by atoms with Crippen LogP contribution in [0.25, 0.3) is 21.0 Å². The summed E-state index contributed by atoms with van der Waals surface area (Å²) >= 11 is 7.54. The molecule has 1 aliphatic heterocycles. The summed E-state index contributed by atoms with van der Waals surface area (Å²) in [6.07, 6.45) is 0. The van der Waals surface area contributed by atoms with Crippen LogP contribution in [0.3, 0.4) is 0 Å². The van der Waals surface area contributed by atoms with E-state index in [9.17, 15) is 4.79 Å². The molecule has 0 saturated carbocycles. The zero-order valence-electron chi connectivity index (χ0n) is 15.1. The third-order valence-corrected chi connectivity index (χ3v) is 6.13. The molecule has 1 aliphatic rings. The van der Waals surface area contributed by atoms with E-state index < -0.39 is 0 Å². The van der Waals surface area contributed by atoms with E-state index in [0.29, 0.717) is 30.2 Å². The summed E-state index contributed by atoms with van der Waals surface area (Å²) in [4.78, 5) is 19.3. The number of benzene rings is 2. The molecule has 0 unspecified atom stereocenters. The number of hydrogen-bond acceptors (Lipinski definition) is 5. The minimum absolute atomic E-state index is 0.0251. The molecular weight excluding hydrogens is 394 g/mol. The number of fused-ring (bicyclic) bond motifs is 2. The van der Waals surface area contributed by atoms with Gasteiger partial charge in [-0.2, -0.15) is 0 Å². The molecule has 0 bridgehead atoms. The summed E-state index contributed by atoms with van der Waals surface area (Å²) in [5.74, 6) is 1.52. The number of rotatable bonds is 2. The highest BCUT2D eigenvalue weighted by atomic mass is 35.5. The molecule has 8 heteroatoms. The molecule has 4 aromatic rings. The first-order valence-corrected chi connectivity index (χ1v) is 10.1. The van der Waals surface area contributed by atoms with Gasteiger partial charge in [0, 0.05) is 23.7 Å². The first-order valence-electron chi connectivity index (χ1n) is 8.93. The van der Waals surface area contributed by atoms with Gasteiger partial charge in [0.2, 0.25) is 0 Å². The number of carbonyl (C=O) groups is 1. The van der Waals surface area contributed by atoms with Crippen LogP contribution in [0.15, 0.2) is 42.5 Å². The smallest absolute Gasteiger partial charge is 0.254 e. The van der Waals surface area contributed by atoms with Crippen LogP contribution >= 0.6 is 22.9 Å². The molecule has 0 radical (unpaired) electrons. The van der Waals surface area contributed by atoms with Crippen LogP contribution in [0.2, 0.25) is 5.02 Å². The van der Waals surface area contributed by atoms with E-state index in [1.54, 1.807) is 40.5 Å². The quantitative estimate of drug-likeness (QED) is 0.498. The number of aryl methyl sites for hydroxylation is 1. The number of aromatic nitrogens is 4. The Morgan fingerprint density at radius 1 is 1.11 bits per heavy atom. The van der Waals surface area contributed by atoms with Crippen molar-refractivity contribution in [3.8, 4) is 10.8 Å². The van der Waals surface area contributed by atoms with Crippen LogP contribution in [0.1, 0.15) is 21.7 Å². The third-order valence-electron chi connectivity index (χ3n) is 4.87. The van der Waals surface area contributed by atoms with E-state index in [2.05, 4.69) is 33.8 Å². The average Bonchev–Trinajstić information content (AvgIpc) is 3.30. The Balaban J connectivity index is 1.43. The van der Waals surface area contributed by atoms with Gasteiger partial charge in [0.15, 0.2) is 16.7 Å². The number of halogens is 1. The first-order chi connectivity index (χ1) is 13.6.